The summed E-state index contributed by atoms with van der Waals surface area (Å²) in [6.45, 7) is 0. The summed E-state index contributed by atoms with van der Waals surface area (Å²) >= 11 is 5.75. The van der Waals surface area contributed by atoms with Crippen molar-refractivity contribution in [2.45, 2.75) is 0 Å². The fraction of sp³-hybridized carbons (Fsp3) is 0. The van der Waals surface area contributed by atoms with E-state index in [9.17, 15) is 9.18 Å². The van der Waals surface area contributed by atoms with E-state index < -0.39 is 11.8 Å². The Kier molecular flexibility index (Phi) is 3.38. The summed E-state index contributed by atoms with van der Waals surface area (Å²) < 4.78 is 13.2. The van der Waals surface area contributed by atoms with Gasteiger partial charge in [-0.2, -0.15) is 0 Å². The van der Waals surface area contributed by atoms with Gasteiger partial charge in [-0.25, -0.2) is 9.18 Å². The van der Waals surface area contributed by atoms with E-state index in [1.54, 1.807) is 12.1 Å². The molecule has 112 valence electrons. The fourth-order valence-corrected chi connectivity index (χ4v) is 2.39. The van der Waals surface area contributed by atoms with Gasteiger partial charge in [0, 0.05) is 22.4 Å². The standard InChI is InChI=1S/C15H11ClFN3O2/c16-10-5-8(1-2-11(10)17)19-12-3-7(18)4-13-9(12)6-14(20-13)15(21)22/h1-6,19-20H,18H2,(H,21,22). The molecule has 3 aromatic rings. The normalized spacial score (nSPS) is 10.8. The Bertz CT molecular complexity index is 892. The number of rotatable bonds is 3. The Morgan fingerprint density at radius 2 is 2.05 bits per heavy atom. The molecule has 0 aliphatic rings. The molecule has 0 saturated heterocycles. The van der Waals surface area contributed by atoms with E-state index in [1.807, 2.05) is 0 Å². The number of anilines is 3. The van der Waals surface area contributed by atoms with Crippen LogP contribution in [0.2, 0.25) is 5.02 Å². The van der Waals surface area contributed by atoms with Crippen LogP contribution in [-0.4, -0.2) is 16.1 Å². The fourth-order valence-electron chi connectivity index (χ4n) is 2.21. The lowest BCUT2D eigenvalue weighted by molar-refractivity contribution is 0.0691. The molecule has 1 aromatic heterocycles. The van der Waals surface area contributed by atoms with Crippen molar-refractivity contribution in [3.8, 4) is 0 Å². The third-order valence-corrected chi connectivity index (χ3v) is 3.48. The van der Waals surface area contributed by atoms with Crippen LogP contribution < -0.4 is 11.1 Å². The summed E-state index contributed by atoms with van der Waals surface area (Å²) in [5.41, 5.74) is 8.10. The van der Waals surface area contributed by atoms with E-state index in [-0.39, 0.29) is 10.7 Å². The first-order valence-corrected chi connectivity index (χ1v) is 6.69. The number of H-pyrrole nitrogens is 1. The molecular formula is C15H11ClFN3O2. The third kappa shape index (κ3) is 2.56. The molecule has 0 spiro atoms. The molecule has 0 saturated carbocycles. The number of aromatic carboxylic acids is 1. The molecule has 7 heteroatoms. The monoisotopic (exact) mass is 319 g/mol. The molecule has 0 aliphatic heterocycles. The molecule has 0 bridgehead atoms. The van der Waals surface area contributed by atoms with Crippen molar-refractivity contribution in [2.75, 3.05) is 11.1 Å². The number of nitrogen functional groups attached to an aromatic ring is 1. The number of carboxylic acids is 1. The van der Waals surface area contributed by atoms with Crippen LogP contribution in [0.15, 0.2) is 36.4 Å². The second-order valence-electron chi connectivity index (χ2n) is 4.77. The maximum absolute atomic E-state index is 13.2. The van der Waals surface area contributed by atoms with Crippen LogP contribution in [0.1, 0.15) is 10.5 Å². The van der Waals surface area contributed by atoms with Gasteiger partial charge in [0.05, 0.1) is 10.5 Å². The largest absolute Gasteiger partial charge is 0.477 e. The van der Waals surface area contributed by atoms with Gasteiger partial charge in [-0.15, -0.1) is 0 Å². The first kappa shape index (κ1) is 14.2. The van der Waals surface area contributed by atoms with Crippen LogP contribution in [0, 0.1) is 5.82 Å². The smallest absolute Gasteiger partial charge is 0.352 e. The molecule has 0 aliphatic carbocycles. The van der Waals surface area contributed by atoms with Gasteiger partial charge < -0.3 is 21.1 Å². The highest BCUT2D eigenvalue weighted by Gasteiger charge is 2.12. The number of benzene rings is 2. The summed E-state index contributed by atoms with van der Waals surface area (Å²) in [6.07, 6.45) is 0. The van der Waals surface area contributed by atoms with E-state index in [0.717, 1.165) is 0 Å². The van der Waals surface area contributed by atoms with Crippen molar-refractivity contribution in [1.29, 1.82) is 0 Å². The molecule has 0 radical (unpaired) electrons. The van der Waals surface area contributed by atoms with Crippen molar-refractivity contribution >= 4 is 45.5 Å². The number of nitrogens with one attached hydrogen (secondary N) is 2. The summed E-state index contributed by atoms with van der Waals surface area (Å²) in [5, 5.41) is 12.8. The number of aromatic amines is 1. The second kappa shape index (κ2) is 5.23. The topological polar surface area (TPSA) is 91.1 Å². The van der Waals surface area contributed by atoms with Crippen molar-refractivity contribution in [2.24, 2.45) is 0 Å². The number of nitrogens with two attached hydrogens (primary N) is 1. The van der Waals surface area contributed by atoms with Gasteiger partial charge in [-0.05, 0) is 36.4 Å². The molecule has 1 heterocycles. The molecule has 0 amide bonds. The van der Waals surface area contributed by atoms with Gasteiger partial charge >= 0.3 is 5.97 Å². The van der Waals surface area contributed by atoms with Crippen molar-refractivity contribution in [1.82, 2.24) is 4.98 Å². The Morgan fingerprint density at radius 3 is 2.73 bits per heavy atom. The van der Waals surface area contributed by atoms with Crippen molar-refractivity contribution in [3.05, 3.63) is 52.9 Å². The molecule has 5 N–H and O–H groups in total. The lowest BCUT2D eigenvalue weighted by Crippen LogP contribution is -1.94. The Hall–Kier alpha value is -2.73. The van der Waals surface area contributed by atoms with E-state index in [1.165, 1.54) is 24.3 Å². The molecule has 5 nitrogen and oxygen atoms in total. The summed E-state index contributed by atoms with van der Waals surface area (Å²) in [4.78, 5) is 13.8. The highest BCUT2D eigenvalue weighted by atomic mass is 35.5. The van der Waals surface area contributed by atoms with E-state index in [0.29, 0.717) is 28.0 Å². The molecule has 22 heavy (non-hydrogen) atoms. The first-order chi connectivity index (χ1) is 10.4. The Balaban J connectivity index is 2.08. The van der Waals surface area contributed by atoms with E-state index in [2.05, 4.69) is 10.3 Å². The molecule has 0 fully saturated rings. The number of hydrogen-bond donors (Lipinski definition) is 4. The minimum Gasteiger partial charge on any atom is -0.477 e. The third-order valence-electron chi connectivity index (χ3n) is 3.19. The number of fused-ring (bicyclic) bond motifs is 1. The number of aromatic nitrogens is 1. The van der Waals surface area contributed by atoms with Crippen LogP contribution in [0.25, 0.3) is 10.9 Å². The van der Waals surface area contributed by atoms with Gasteiger partial charge in [0.1, 0.15) is 11.5 Å². The molecule has 0 unspecified atom stereocenters. The summed E-state index contributed by atoms with van der Waals surface area (Å²) in [7, 11) is 0. The average molecular weight is 320 g/mol. The van der Waals surface area contributed by atoms with Crippen LogP contribution >= 0.6 is 11.6 Å². The van der Waals surface area contributed by atoms with Crippen LogP contribution in [0.3, 0.4) is 0 Å². The maximum atomic E-state index is 13.2. The van der Waals surface area contributed by atoms with Gasteiger partial charge in [0.2, 0.25) is 0 Å². The van der Waals surface area contributed by atoms with Gasteiger partial charge in [-0.1, -0.05) is 11.6 Å². The van der Waals surface area contributed by atoms with Crippen LogP contribution in [-0.2, 0) is 0 Å². The lowest BCUT2D eigenvalue weighted by atomic mass is 10.1. The molecule has 2 aromatic carbocycles. The highest BCUT2D eigenvalue weighted by Crippen LogP contribution is 2.31. The number of halogens is 2. The van der Waals surface area contributed by atoms with Gasteiger partial charge in [-0.3, -0.25) is 0 Å². The predicted molar refractivity (Wildman–Crippen MR) is 84.4 cm³/mol. The maximum Gasteiger partial charge on any atom is 0.352 e. The highest BCUT2D eigenvalue weighted by molar-refractivity contribution is 6.31. The summed E-state index contributed by atoms with van der Waals surface area (Å²) in [6, 6.07) is 9.03. The predicted octanol–water partition coefficient (Wildman–Crippen LogP) is 3.98. The molecular weight excluding hydrogens is 309 g/mol. The minimum absolute atomic E-state index is 0.00885. The lowest BCUT2D eigenvalue weighted by Gasteiger charge is -2.09. The van der Waals surface area contributed by atoms with Crippen molar-refractivity contribution in [3.63, 3.8) is 0 Å². The van der Waals surface area contributed by atoms with E-state index in [4.69, 9.17) is 22.4 Å². The van der Waals surface area contributed by atoms with Gasteiger partial charge in [0.15, 0.2) is 0 Å². The quantitative estimate of drug-likeness (QED) is 0.549. The zero-order valence-corrected chi connectivity index (χ0v) is 11.9. The van der Waals surface area contributed by atoms with Gasteiger partial charge in [0.25, 0.3) is 0 Å². The SMILES string of the molecule is Nc1cc(Nc2ccc(F)c(Cl)c2)c2cc(C(=O)O)[nH]c2c1. The second-order valence-corrected chi connectivity index (χ2v) is 5.18. The van der Waals surface area contributed by atoms with Crippen LogP contribution in [0.4, 0.5) is 21.5 Å². The Labute approximate surface area is 129 Å². The molecule has 3 rings (SSSR count). The van der Waals surface area contributed by atoms with E-state index >= 15 is 0 Å². The Morgan fingerprint density at radius 1 is 1.27 bits per heavy atom. The molecule has 0 atom stereocenters. The zero-order chi connectivity index (χ0) is 15.9. The average Bonchev–Trinajstić information content (AvgIpc) is 2.87. The number of carboxylic acid groups (broad SMARTS) is 1. The zero-order valence-electron chi connectivity index (χ0n) is 11.2. The summed E-state index contributed by atoms with van der Waals surface area (Å²) in [5.74, 6) is -1.58. The number of carbonyl (C=O) groups is 1. The number of hydrogen-bond acceptors (Lipinski definition) is 3. The first-order valence-electron chi connectivity index (χ1n) is 6.31. The van der Waals surface area contributed by atoms with Crippen LogP contribution in [0.5, 0.6) is 0 Å². The minimum atomic E-state index is -1.06. The van der Waals surface area contributed by atoms with Crippen molar-refractivity contribution < 1.29 is 14.3 Å².